The third-order valence-corrected chi connectivity index (χ3v) is 6.48. The van der Waals surface area contributed by atoms with E-state index in [-0.39, 0.29) is 17.2 Å². The fourth-order valence-corrected chi connectivity index (χ4v) is 4.36. The molecule has 6 nitrogen and oxygen atoms in total. The largest absolute Gasteiger partial charge is 0.495 e. The van der Waals surface area contributed by atoms with Gasteiger partial charge < -0.3 is 10.1 Å². The molecule has 0 unspecified atom stereocenters. The Kier molecular flexibility index (Phi) is 7.01. The quantitative estimate of drug-likeness (QED) is 0.293. The van der Waals surface area contributed by atoms with Gasteiger partial charge in [-0.15, -0.1) is 0 Å². The van der Waals surface area contributed by atoms with Gasteiger partial charge in [0.2, 0.25) is 5.91 Å². The van der Waals surface area contributed by atoms with E-state index in [0.717, 1.165) is 11.1 Å². The average molecular weight is 480 g/mol. The van der Waals surface area contributed by atoms with Crippen LogP contribution in [0.5, 0.6) is 5.75 Å². The molecule has 33 heavy (non-hydrogen) atoms. The Morgan fingerprint density at radius 2 is 1.85 bits per heavy atom. The molecule has 0 aliphatic carbocycles. The highest BCUT2D eigenvalue weighted by Crippen LogP contribution is 2.31. The maximum absolute atomic E-state index is 13.2. The molecule has 4 aromatic rings. The summed E-state index contributed by atoms with van der Waals surface area (Å²) in [5.74, 6) is 0.312. The summed E-state index contributed by atoms with van der Waals surface area (Å²) in [6.07, 6.45) is 0. The number of para-hydroxylation sites is 1. The number of carbonyl (C=O) groups excluding carboxylic acids is 1. The molecule has 3 aromatic carbocycles. The first-order valence-electron chi connectivity index (χ1n) is 10.3. The number of hydrogen-bond donors (Lipinski definition) is 1. The normalized spacial score (nSPS) is 10.9. The lowest BCUT2D eigenvalue weighted by molar-refractivity contribution is -0.113. The van der Waals surface area contributed by atoms with Crippen LogP contribution in [0.25, 0.3) is 10.9 Å². The number of fused-ring (bicyclic) bond motifs is 1. The lowest BCUT2D eigenvalue weighted by atomic mass is 10.2. The zero-order valence-electron chi connectivity index (χ0n) is 18.2. The van der Waals surface area contributed by atoms with Crippen LogP contribution in [0.2, 0.25) is 5.02 Å². The molecule has 1 aromatic heterocycles. The minimum atomic E-state index is -0.242. The lowest BCUT2D eigenvalue weighted by Gasteiger charge is -2.14. The van der Waals surface area contributed by atoms with E-state index in [9.17, 15) is 9.59 Å². The summed E-state index contributed by atoms with van der Waals surface area (Å²) in [5.41, 5.74) is 2.81. The third kappa shape index (κ3) is 5.21. The fourth-order valence-electron chi connectivity index (χ4n) is 3.41. The monoisotopic (exact) mass is 479 g/mol. The van der Waals surface area contributed by atoms with E-state index >= 15 is 0 Å². The van der Waals surface area contributed by atoms with Crippen LogP contribution in [0.1, 0.15) is 11.1 Å². The van der Waals surface area contributed by atoms with Gasteiger partial charge in [0, 0.05) is 11.1 Å². The van der Waals surface area contributed by atoms with Crippen LogP contribution in [0.4, 0.5) is 5.69 Å². The van der Waals surface area contributed by atoms with Crippen molar-refractivity contribution in [1.29, 1.82) is 0 Å². The summed E-state index contributed by atoms with van der Waals surface area (Å²) in [4.78, 5) is 30.6. The Labute approximate surface area is 200 Å². The first-order chi connectivity index (χ1) is 16.0. The van der Waals surface area contributed by atoms with Crippen molar-refractivity contribution in [3.05, 3.63) is 93.2 Å². The second-order valence-electron chi connectivity index (χ2n) is 7.43. The van der Waals surface area contributed by atoms with Crippen LogP contribution >= 0.6 is 23.4 Å². The van der Waals surface area contributed by atoms with E-state index in [2.05, 4.69) is 10.3 Å². The number of aryl methyl sites for hydroxylation is 1. The molecule has 0 aliphatic heterocycles. The second-order valence-corrected chi connectivity index (χ2v) is 8.78. The number of amides is 1. The Morgan fingerprint density at radius 3 is 2.61 bits per heavy atom. The zero-order valence-corrected chi connectivity index (χ0v) is 19.7. The van der Waals surface area contributed by atoms with Gasteiger partial charge in [0.25, 0.3) is 5.56 Å². The molecule has 1 heterocycles. The Morgan fingerprint density at radius 1 is 1.12 bits per heavy atom. The molecule has 0 saturated carbocycles. The molecule has 8 heteroatoms. The number of carbonyl (C=O) groups is 1. The zero-order chi connectivity index (χ0) is 23.4. The SMILES string of the molecule is COc1cc(Cl)c(C)cc1NC(=O)CSc1nc2ccccc2c(=O)n1Cc1ccccc1. The van der Waals surface area contributed by atoms with E-state index in [1.54, 1.807) is 28.8 Å². The molecule has 0 fully saturated rings. The lowest BCUT2D eigenvalue weighted by Crippen LogP contribution is -2.25. The first-order valence-corrected chi connectivity index (χ1v) is 11.6. The smallest absolute Gasteiger partial charge is 0.262 e. The number of anilines is 1. The van der Waals surface area contributed by atoms with Crippen LogP contribution in [-0.2, 0) is 11.3 Å². The number of hydrogen-bond acceptors (Lipinski definition) is 5. The second kappa shape index (κ2) is 10.1. The van der Waals surface area contributed by atoms with E-state index in [1.165, 1.54) is 18.9 Å². The van der Waals surface area contributed by atoms with E-state index in [0.29, 0.717) is 39.1 Å². The number of thioether (sulfide) groups is 1. The highest BCUT2D eigenvalue weighted by Gasteiger charge is 2.15. The van der Waals surface area contributed by atoms with Crippen molar-refractivity contribution >= 4 is 45.9 Å². The number of nitrogens with zero attached hydrogens (tertiary/aromatic N) is 2. The van der Waals surface area contributed by atoms with E-state index in [1.807, 2.05) is 49.4 Å². The number of rotatable bonds is 7. The fraction of sp³-hybridized carbons (Fsp3) is 0.160. The molecule has 0 bridgehead atoms. The molecule has 0 spiro atoms. The molecule has 1 N–H and O–H groups in total. The van der Waals surface area contributed by atoms with Crippen LogP contribution in [-0.4, -0.2) is 28.3 Å². The van der Waals surface area contributed by atoms with E-state index < -0.39 is 0 Å². The molecule has 0 radical (unpaired) electrons. The highest BCUT2D eigenvalue weighted by molar-refractivity contribution is 7.99. The van der Waals surface area contributed by atoms with Gasteiger partial charge in [-0.05, 0) is 36.2 Å². The number of ether oxygens (including phenoxy) is 1. The summed E-state index contributed by atoms with van der Waals surface area (Å²) >= 11 is 7.37. The van der Waals surface area contributed by atoms with Crippen LogP contribution in [0, 0.1) is 6.92 Å². The van der Waals surface area contributed by atoms with Gasteiger partial charge in [0.1, 0.15) is 5.75 Å². The van der Waals surface area contributed by atoms with Gasteiger partial charge in [0.05, 0.1) is 36.0 Å². The van der Waals surface area contributed by atoms with Crippen LogP contribution in [0.15, 0.2) is 76.7 Å². The van der Waals surface area contributed by atoms with Gasteiger partial charge >= 0.3 is 0 Å². The van der Waals surface area contributed by atoms with Gasteiger partial charge in [-0.25, -0.2) is 4.98 Å². The molecule has 0 saturated heterocycles. The molecular weight excluding hydrogens is 458 g/mol. The van der Waals surface area contributed by atoms with Crippen molar-refractivity contribution in [1.82, 2.24) is 9.55 Å². The molecule has 0 atom stereocenters. The predicted molar refractivity (Wildman–Crippen MR) is 134 cm³/mol. The summed E-state index contributed by atoms with van der Waals surface area (Å²) in [6.45, 7) is 2.22. The Bertz CT molecular complexity index is 1370. The molecular formula is C25H22ClN3O3S. The van der Waals surface area contributed by atoms with Crippen molar-refractivity contribution in [3.63, 3.8) is 0 Å². The first kappa shape index (κ1) is 22.9. The maximum atomic E-state index is 13.2. The summed E-state index contributed by atoms with van der Waals surface area (Å²) in [5, 5.41) is 4.45. The van der Waals surface area contributed by atoms with Crippen molar-refractivity contribution in [2.45, 2.75) is 18.6 Å². The van der Waals surface area contributed by atoms with Crippen molar-refractivity contribution in [3.8, 4) is 5.75 Å². The molecule has 168 valence electrons. The van der Waals surface area contributed by atoms with Crippen molar-refractivity contribution in [2.75, 3.05) is 18.2 Å². The number of halogens is 1. The van der Waals surface area contributed by atoms with Gasteiger partial charge in [0.15, 0.2) is 5.16 Å². The Balaban J connectivity index is 1.60. The van der Waals surface area contributed by atoms with E-state index in [4.69, 9.17) is 16.3 Å². The highest BCUT2D eigenvalue weighted by atomic mass is 35.5. The molecule has 0 aliphatic rings. The van der Waals surface area contributed by atoms with Crippen molar-refractivity contribution < 1.29 is 9.53 Å². The minimum absolute atomic E-state index is 0.0738. The number of aromatic nitrogens is 2. The number of nitrogens with one attached hydrogen (secondary N) is 1. The average Bonchev–Trinajstić information content (AvgIpc) is 2.82. The predicted octanol–water partition coefficient (Wildman–Crippen LogP) is 5.15. The van der Waals surface area contributed by atoms with Crippen LogP contribution in [0.3, 0.4) is 0 Å². The Hall–Kier alpha value is -3.29. The third-order valence-electron chi connectivity index (χ3n) is 5.10. The minimum Gasteiger partial charge on any atom is -0.495 e. The summed E-state index contributed by atoms with van der Waals surface area (Å²) in [7, 11) is 1.52. The van der Waals surface area contributed by atoms with Gasteiger partial charge in [-0.3, -0.25) is 14.2 Å². The standard InChI is InChI=1S/C25H22ClN3O3S/c1-16-12-21(22(32-2)13-19(16)26)27-23(30)15-33-25-28-20-11-7-6-10-18(20)24(31)29(25)14-17-8-4-3-5-9-17/h3-13H,14-15H2,1-2H3,(H,27,30). The van der Waals surface area contributed by atoms with Crippen LogP contribution < -0.4 is 15.6 Å². The number of methoxy groups -OCH3 is 1. The van der Waals surface area contributed by atoms with Gasteiger partial charge in [-0.1, -0.05) is 65.8 Å². The maximum Gasteiger partial charge on any atom is 0.262 e. The topological polar surface area (TPSA) is 73.2 Å². The summed E-state index contributed by atoms with van der Waals surface area (Å²) < 4.78 is 6.94. The van der Waals surface area contributed by atoms with Crippen molar-refractivity contribution in [2.24, 2.45) is 0 Å². The summed E-state index contributed by atoms with van der Waals surface area (Å²) in [6, 6.07) is 20.4. The number of benzene rings is 3. The molecule has 1 amide bonds. The van der Waals surface area contributed by atoms with Gasteiger partial charge in [-0.2, -0.15) is 0 Å². The molecule has 4 rings (SSSR count).